The second kappa shape index (κ2) is 8.60. The predicted molar refractivity (Wildman–Crippen MR) is 114 cm³/mol. The summed E-state index contributed by atoms with van der Waals surface area (Å²) < 4.78 is 19.8. The Balaban J connectivity index is 1.67. The molecule has 31 heavy (non-hydrogen) atoms. The first-order chi connectivity index (χ1) is 15.0. The Kier molecular flexibility index (Phi) is 5.71. The van der Waals surface area contributed by atoms with Crippen molar-refractivity contribution in [2.24, 2.45) is 0 Å². The maximum absolute atomic E-state index is 14.4. The highest BCUT2D eigenvalue weighted by Gasteiger charge is 2.42. The molecule has 158 valence electrons. The third-order valence-electron chi connectivity index (χ3n) is 5.72. The van der Waals surface area contributed by atoms with Crippen LogP contribution in [-0.4, -0.2) is 35.0 Å². The molecule has 1 N–H and O–H groups in total. The summed E-state index contributed by atoms with van der Waals surface area (Å²) in [6, 6.07) is 19.1. The van der Waals surface area contributed by atoms with Crippen molar-refractivity contribution in [3.63, 3.8) is 0 Å². The lowest BCUT2D eigenvalue weighted by Gasteiger charge is -2.29. The molecule has 0 unspecified atom stereocenters. The summed E-state index contributed by atoms with van der Waals surface area (Å²) >= 11 is 0. The van der Waals surface area contributed by atoms with Crippen molar-refractivity contribution < 1.29 is 23.8 Å². The number of carboxylic acid groups (broad SMARTS) is 1. The van der Waals surface area contributed by atoms with Gasteiger partial charge in [0.25, 0.3) is 5.91 Å². The number of halogens is 1. The van der Waals surface area contributed by atoms with Crippen LogP contribution in [0.15, 0.2) is 72.8 Å². The van der Waals surface area contributed by atoms with Gasteiger partial charge in [-0.2, -0.15) is 0 Å². The molecule has 4 rings (SSSR count). The Labute approximate surface area is 179 Å². The highest BCUT2D eigenvalue weighted by Crippen LogP contribution is 2.39. The van der Waals surface area contributed by atoms with Gasteiger partial charge in [-0.15, -0.1) is 0 Å². The Morgan fingerprint density at radius 3 is 2.32 bits per heavy atom. The summed E-state index contributed by atoms with van der Waals surface area (Å²) in [6.07, 6.45) is 0.669. The van der Waals surface area contributed by atoms with Gasteiger partial charge in [-0.05, 0) is 42.7 Å². The molecular formula is C25H22FNO4. The van der Waals surface area contributed by atoms with Crippen LogP contribution in [0.2, 0.25) is 0 Å². The van der Waals surface area contributed by atoms with Crippen LogP contribution in [0.4, 0.5) is 4.39 Å². The fourth-order valence-corrected chi connectivity index (χ4v) is 4.21. The largest absolute Gasteiger partial charge is 0.496 e. The molecule has 1 aliphatic rings. The average Bonchev–Trinajstić information content (AvgIpc) is 3.24. The molecule has 2 atom stereocenters. The lowest BCUT2D eigenvalue weighted by Crippen LogP contribution is -2.42. The number of hydrogen-bond donors (Lipinski definition) is 1. The molecule has 1 amide bonds. The van der Waals surface area contributed by atoms with Gasteiger partial charge in [0.05, 0.1) is 13.2 Å². The molecule has 0 aromatic heterocycles. The van der Waals surface area contributed by atoms with Crippen molar-refractivity contribution in [2.75, 3.05) is 7.11 Å². The van der Waals surface area contributed by atoms with Crippen LogP contribution in [0, 0.1) is 5.82 Å². The van der Waals surface area contributed by atoms with Crippen molar-refractivity contribution >= 4 is 11.9 Å². The van der Waals surface area contributed by atoms with Gasteiger partial charge in [-0.1, -0.05) is 48.5 Å². The molecule has 6 heteroatoms. The molecule has 5 nitrogen and oxygen atoms in total. The first kappa shape index (κ1) is 20.6. The van der Waals surface area contributed by atoms with Crippen LogP contribution in [-0.2, 0) is 4.79 Å². The number of nitrogens with zero attached hydrogens (tertiary/aromatic N) is 1. The zero-order valence-corrected chi connectivity index (χ0v) is 17.0. The smallest absolute Gasteiger partial charge is 0.326 e. The van der Waals surface area contributed by atoms with Gasteiger partial charge >= 0.3 is 5.97 Å². The number of rotatable bonds is 5. The Hall–Kier alpha value is -3.67. The minimum atomic E-state index is -1.09. The second-order valence-electron chi connectivity index (χ2n) is 7.46. The van der Waals surface area contributed by atoms with Gasteiger partial charge in [-0.3, -0.25) is 4.79 Å². The van der Waals surface area contributed by atoms with Crippen molar-refractivity contribution in [1.82, 2.24) is 4.90 Å². The molecule has 3 aromatic rings. The summed E-state index contributed by atoms with van der Waals surface area (Å²) in [5.74, 6) is -1.24. The van der Waals surface area contributed by atoms with E-state index in [0.717, 1.165) is 11.1 Å². The first-order valence-electron chi connectivity index (χ1n) is 10.0. The summed E-state index contributed by atoms with van der Waals surface area (Å²) in [4.78, 5) is 26.5. The zero-order valence-electron chi connectivity index (χ0n) is 17.0. The van der Waals surface area contributed by atoms with Crippen LogP contribution < -0.4 is 4.74 Å². The van der Waals surface area contributed by atoms with E-state index in [0.29, 0.717) is 23.3 Å². The van der Waals surface area contributed by atoms with Gasteiger partial charge < -0.3 is 14.7 Å². The third-order valence-corrected chi connectivity index (χ3v) is 5.72. The molecule has 0 bridgehead atoms. The maximum Gasteiger partial charge on any atom is 0.326 e. The average molecular weight is 419 g/mol. The first-order valence-corrected chi connectivity index (χ1v) is 10.0. The van der Waals surface area contributed by atoms with E-state index in [-0.39, 0.29) is 6.42 Å². The quantitative estimate of drug-likeness (QED) is 0.637. The molecular weight excluding hydrogens is 397 g/mol. The monoisotopic (exact) mass is 419 g/mol. The van der Waals surface area contributed by atoms with Crippen molar-refractivity contribution in [1.29, 1.82) is 0 Å². The number of para-hydroxylation sites is 1. The number of ether oxygens (including phenoxy) is 1. The van der Waals surface area contributed by atoms with Crippen molar-refractivity contribution in [3.05, 3.63) is 89.7 Å². The van der Waals surface area contributed by atoms with E-state index in [4.69, 9.17) is 4.74 Å². The van der Waals surface area contributed by atoms with E-state index in [1.165, 1.54) is 11.0 Å². The molecule has 0 spiro atoms. The number of carboxylic acids is 1. The molecule has 1 saturated heterocycles. The second-order valence-corrected chi connectivity index (χ2v) is 7.46. The number of carbonyl (C=O) groups is 2. The molecule has 0 saturated carbocycles. The van der Waals surface area contributed by atoms with Gasteiger partial charge in [0.1, 0.15) is 17.6 Å². The van der Waals surface area contributed by atoms with Crippen LogP contribution in [0.3, 0.4) is 0 Å². The van der Waals surface area contributed by atoms with Crippen LogP contribution in [0.1, 0.15) is 34.8 Å². The number of carbonyl (C=O) groups excluding carboxylic acids is 1. The number of aliphatic carboxylic acids is 1. The number of methoxy groups -OCH3 is 1. The standard InChI is InChI=1S/C25H22FNO4/c1-31-23-9-5-3-6-18(23)16-10-12-17(13-11-16)24(28)27-21(14-15-22(27)25(29)30)19-7-2-4-8-20(19)26/h2-13,21-22H,14-15H2,1H3,(H,29,30)/t21-,22+/m1/s1. The van der Waals surface area contributed by atoms with Gasteiger partial charge in [0.15, 0.2) is 0 Å². The molecule has 0 radical (unpaired) electrons. The topological polar surface area (TPSA) is 66.8 Å². The van der Waals surface area contributed by atoms with Crippen molar-refractivity contribution in [2.45, 2.75) is 24.9 Å². The minimum Gasteiger partial charge on any atom is -0.496 e. The minimum absolute atomic E-state index is 0.277. The van der Waals surface area contributed by atoms with Crippen LogP contribution in [0.5, 0.6) is 5.75 Å². The summed E-state index contributed by atoms with van der Waals surface area (Å²) in [5, 5.41) is 9.66. The highest BCUT2D eigenvalue weighted by molar-refractivity contribution is 5.97. The van der Waals surface area contributed by atoms with Gasteiger partial charge in [0, 0.05) is 16.7 Å². The summed E-state index contributed by atoms with van der Waals surface area (Å²) in [7, 11) is 1.60. The zero-order chi connectivity index (χ0) is 22.0. The van der Waals surface area contributed by atoms with E-state index in [9.17, 15) is 19.1 Å². The normalized spacial score (nSPS) is 18.1. The lowest BCUT2D eigenvalue weighted by atomic mass is 10.0. The molecule has 1 fully saturated rings. The Bertz CT molecular complexity index is 1110. The highest BCUT2D eigenvalue weighted by atomic mass is 19.1. The van der Waals surface area contributed by atoms with Crippen LogP contribution in [0.25, 0.3) is 11.1 Å². The van der Waals surface area contributed by atoms with E-state index in [2.05, 4.69) is 0 Å². The Morgan fingerprint density at radius 2 is 1.65 bits per heavy atom. The SMILES string of the molecule is COc1ccccc1-c1ccc(C(=O)N2[C@@H](c3ccccc3F)CC[C@H]2C(=O)O)cc1. The summed E-state index contributed by atoms with van der Waals surface area (Å²) in [5.41, 5.74) is 2.45. The predicted octanol–water partition coefficient (Wildman–Crippen LogP) is 4.93. The number of benzene rings is 3. The molecule has 1 heterocycles. The van der Waals surface area contributed by atoms with Crippen molar-refractivity contribution in [3.8, 4) is 16.9 Å². The third kappa shape index (κ3) is 3.89. The maximum atomic E-state index is 14.4. The van der Waals surface area contributed by atoms with E-state index in [1.807, 2.05) is 24.3 Å². The van der Waals surface area contributed by atoms with Gasteiger partial charge in [0.2, 0.25) is 0 Å². The molecule has 0 aliphatic carbocycles. The lowest BCUT2D eigenvalue weighted by molar-refractivity contribution is -0.141. The fraction of sp³-hybridized carbons (Fsp3) is 0.200. The number of amides is 1. The number of hydrogen-bond acceptors (Lipinski definition) is 3. The van der Waals surface area contributed by atoms with E-state index >= 15 is 0 Å². The fourth-order valence-electron chi connectivity index (χ4n) is 4.21. The molecule has 3 aromatic carbocycles. The van der Waals surface area contributed by atoms with E-state index < -0.39 is 29.8 Å². The molecule has 1 aliphatic heterocycles. The van der Waals surface area contributed by atoms with Gasteiger partial charge in [-0.25, -0.2) is 9.18 Å². The summed E-state index contributed by atoms with van der Waals surface area (Å²) in [6.45, 7) is 0. The van der Waals surface area contributed by atoms with E-state index in [1.54, 1.807) is 49.6 Å². The number of likely N-dealkylation sites (tertiary alicyclic amines) is 1. The van der Waals surface area contributed by atoms with Crippen LogP contribution >= 0.6 is 0 Å². The Morgan fingerprint density at radius 1 is 0.968 bits per heavy atom.